The van der Waals surface area contributed by atoms with Crippen LogP contribution in [0.1, 0.15) is 50.8 Å². The van der Waals surface area contributed by atoms with Crippen LogP contribution in [-0.2, 0) is 23.7 Å². The van der Waals surface area contributed by atoms with Gasteiger partial charge < -0.3 is 28.8 Å². The lowest BCUT2D eigenvalue weighted by molar-refractivity contribution is -0.308. The number of aliphatic hydroxyl groups excluding tert-OH is 1. The molecule has 0 amide bonds. The van der Waals surface area contributed by atoms with E-state index in [9.17, 15) is 19.5 Å². The average Bonchev–Trinajstić information content (AvgIpc) is 3.03. The van der Waals surface area contributed by atoms with Gasteiger partial charge in [0.2, 0.25) is 0 Å². The summed E-state index contributed by atoms with van der Waals surface area (Å²) >= 11 is 0. The number of hydrogen-bond acceptors (Lipinski definition) is 9. The van der Waals surface area contributed by atoms with E-state index in [0.717, 1.165) is 0 Å². The number of allylic oxidation sites excluding steroid dienone is 1. The lowest BCUT2D eigenvalue weighted by atomic mass is 9.98. The first-order valence-corrected chi connectivity index (χ1v) is 13.7. The molecule has 1 heterocycles. The van der Waals surface area contributed by atoms with Crippen molar-refractivity contribution in [2.75, 3.05) is 6.61 Å². The van der Waals surface area contributed by atoms with Crippen LogP contribution in [0, 0.1) is 0 Å². The number of aliphatic hydroxyl groups is 1. The smallest absolute Gasteiger partial charge is 0.338 e. The van der Waals surface area contributed by atoms with Gasteiger partial charge >= 0.3 is 17.9 Å². The number of benzene rings is 3. The number of carbonyl (C=O) groups is 3. The van der Waals surface area contributed by atoms with Crippen molar-refractivity contribution in [3.63, 3.8) is 0 Å². The van der Waals surface area contributed by atoms with Gasteiger partial charge in [0.15, 0.2) is 18.5 Å². The van der Waals surface area contributed by atoms with Gasteiger partial charge in [0.1, 0.15) is 18.8 Å². The summed E-state index contributed by atoms with van der Waals surface area (Å²) in [6.45, 7) is 5.14. The second-order valence-corrected chi connectivity index (χ2v) is 9.78. The van der Waals surface area contributed by atoms with Crippen LogP contribution >= 0.6 is 0 Å². The first-order valence-electron chi connectivity index (χ1n) is 13.7. The van der Waals surface area contributed by atoms with E-state index in [4.69, 9.17) is 23.7 Å². The molecular formula is C33H34O9. The number of rotatable bonds is 12. The second kappa shape index (κ2) is 15.1. The van der Waals surface area contributed by atoms with Crippen molar-refractivity contribution in [3.8, 4) is 0 Å². The van der Waals surface area contributed by atoms with E-state index in [1.807, 2.05) is 0 Å². The average molecular weight is 575 g/mol. The molecule has 0 aliphatic carbocycles. The Balaban J connectivity index is 1.64. The van der Waals surface area contributed by atoms with Gasteiger partial charge in [-0.1, -0.05) is 60.7 Å². The molecule has 1 aliphatic rings. The fraction of sp³-hybridized carbons (Fsp3) is 0.303. The van der Waals surface area contributed by atoms with E-state index in [-0.39, 0.29) is 23.8 Å². The minimum Gasteiger partial charge on any atom is -0.459 e. The zero-order chi connectivity index (χ0) is 29.9. The van der Waals surface area contributed by atoms with Gasteiger partial charge in [0, 0.05) is 0 Å². The van der Waals surface area contributed by atoms with Gasteiger partial charge in [-0.25, -0.2) is 14.4 Å². The third-order valence-electron chi connectivity index (χ3n) is 6.65. The molecule has 9 nitrogen and oxygen atoms in total. The number of hydrogen-bond donors (Lipinski definition) is 1. The zero-order valence-electron chi connectivity index (χ0n) is 23.2. The Labute approximate surface area is 244 Å². The first-order chi connectivity index (χ1) is 20.4. The lowest BCUT2D eigenvalue weighted by Crippen LogP contribution is -2.62. The quantitative estimate of drug-likeness (QED) is 0.186. The molecule has 42 heavy (non-hydrogen) atoms. The maximum atomic E-state index is 13.2. The van der Waals surface area contributed by atoms with Gasteiger partial charge in [-0.05, 0) is 56.2 Å². The van der Waals surface area contributed by atoms with Crippen LogP contribution in [0.4, 0.5) is 0 Å². The van der Waals surface area contributed by atoms with E-state index < -0.39 is 48.6 Å². The highest BCUT2D eigenvalue weighted by Gasteiger charge is 2.51. The van der Waals surface area contributed by atoms with E-state index in [2.05, 4.69) is 6.58 Å². The SMILES string of the molecule is C=CCC[C@@H](C)O[C@@H]1O[C@H](COC(=O)c2ccccc2)[C@@H](OC(=O)c2ccccc2)[C@H](OC(=O)c2ccccc2)[C@H]1O. The monoisotopic (exact) mass is 574 g/mol. The maximum Gasteiger partial charge on any atom is 0.338 e. The molecule has 0 bridgehead atoms. The highest BCUT2D eigenvalue weighted by Crippen LogP contribution is 2.30. The molecule has 0 saturated carbocycles. The van der Waals surface area contributed by atoms with Crippen LogP contribution in [0.25, 0.3) is 0 Å². The van der Waals surface area contributed by atoms with Crippen LogP contribution in [0.15, 0.2) is 104 Å². The van der Waals surface area contributed by atoms with Crippen LogP contribution in [-0.4, -0.2) is 66.4 Å². The van der Waals surface area contributed by atoms with Crippen LogP contribution in [0.5, 0.6) is 0 Å². The molecule has 0 spiro atoms. The molecule has 4 rings (SSSR count). The standard InChI is InChI=1S/C33H34O9/c1-3-4-14-22(2)39-33-27(34)29(42-32(37)25-19-12-7-13-20-25)28(41-31(36)24-17-10-6-11-18-24)26(40-33)21-38-30(35)23-15-8-5-9-16-23/h3,5-13,15-20,22,26-29,33-34H,1,4,14,21H2,2H3/t22-,26-,27-,28-,29-,33-/m1/s1. The Morgan fingerprint density at radius 1 is 0.810 bits per heavy atom. The van der Waals surface area contributed by atoms with Crippen LogP contribution in [0.2, 0.25) is 0 Å². The van der Waals surface area contributed by atoms with Crippen molar-refractivity contribution in [1.29, 1.82) is 0 Å². The first kappa shape index (κ1) is 30.6. The van der Waals surface area contributed by atoms with Crippen molar-refractivity contribution in [3.05, 3.63) is 120 Å². The predicted octanol–water partition coefficient (Wildman–Crippen LogP) is 4.75. The summed E-state index contributed by atoms with van der Waals surface area (Å²) in [5.74, 6) is -2.12. The van der Waals surface area contributed by atoms with Gasteiger partial charge in [0.05, 0.1) is 22.8 Å². The van der Waals surface area contributed by atoms with Crippen molar-refractivity contribution < 1.29 is 43.2 Å². The van der Waals surface area contributed by atoms with E-state index in [1.165, 1.54) is 0 Å². The van der Waals surface area contributed by atoms with Crippen molar-refractivity contribution in [2.45, 2.75) is 56.6 Å². The molecule has 1 saturated heterocycles. The van der Waals surface area contributed by atoms with E-state index in [1.54, 1.807) is 104 Å². The van der Waals surface area contributed by atoms with Gasteiger partial charge in [-0.3, -0.25) is 0 Å². The topological polar surface area (TPSA) is 118 Å². The third-order valence-corrected chi connectivity index (χ3v) is 6.65. The molecule has 1 fully saturated rings. The maximum absolute atomic E-state index is 13.2. The van der Waals surface area contributed by atoms with Crippen LogP contribution < -0.4 is 0 Å². The molecule has 0 unspecified atom stereocenters. The molecule has 0 radical (unpaired) electrons. The van der Waals surface area contributed by atoms with E-state index >= 15 is 0 Å². The molecule has 3 aromatic rings. The Bertz CT molecular complexity index is 1310. The molecule has 220 valence electrons. The molecule has 1 N–H and O–H groups in total. The molecular weight excluding hydrogens is 540 g/mol. The van der Waals surface area contributed by atoms with Gasteiger partial charge in [-0.2, -0.15) is 0 Å². The number of carbonyl (C=O) groups excluding carboxylic acids is 3. The molecule has 6 atom stereocenters. The Hall–Kier alpha value is -4.31. The van der Waals surface area contributed by atoms with Crippen LogP contribution in [0.3, 0.4) is 0 Å². The molecule has 9 heteroatoms. The molecule has 0 aromatic heterocycles. The summed E-state index contributed by atoms with van der Waals surface area (Å²) in [7, 11) is 0. The molecule has 1 aliphatic heterocycles. The summed E-state index contributed by atoms with van der Waals surface area (Å²) in [6.07, 6.45) is -4.14. The highest BCUT2D eigenvalue weighted by atomic mass is 16.7. The Morgan fingerprint density at radius 2 is 1.29 bits per heavy atom. The summed E-state index contributed by atoms with van der Waals surface area (Å²) in [5.41, 5.74) is 0.772. The number of ether oxygens (including phenoxy) is 5. The normalized spacial score (nSPS) is 22.4. The highest BCUT2D eigenvalue weighted by molar-refractivity contribution is 5.90. The summed E-state index contributed by atoms with van der Waals surface area (Å²) in [5, 5.41) is 11.4. The fourth-order valence-corrected chi connectivity index (χ4v) is 4.41. The fourth-order valence-electron chi connectivity index (χ4n) is 4.41. The second-order valence-electron chi connectivity index (χ2n) is 9.78. The number of esters is 3. The van der Waals surface area contributed by atoms with Crippen molar-refractivity contribution in [2.24, 2.45) is 0 Å². The molecule has 3 aromatic carbocycles. The van der Waals surface area contributed by atoms with Gasteiger partial charge in [-0.15, -0.1) is 6.58 Å². The minimum atomic E-state index is -1.54. The predicted molar refractivity (Wildman–Crippen MR) is 153 cm³/mol. The van der Waals surface area contributed by atoms with Gasteiger partial charge in [0.25, 0.3) is 0 Å². The van der Waals surface area contributed by atoms with Crippen molar-refractivity contribution >= 4 is 17.9 Å². The van der Waals surface area contributed by atoms with E-state index in [0.29, 0.717) is 18.4 Å². The van der Waals surface area contributed by atoms with Crippen molar-refractivity contribution in [1.82, 2.24) is 0 Å². The minimum absolute atomic E-state index is 0.230. The summed E-state index contributed by atoms with van der Waals surface area (Å²) in [6, 6.07) is 24.8. The Morgan fingerprint density at radius 3 is 1.79 bits per heavy atom. The lowest BCUT2D eigenvalue weighted by Gasteiger charge is -2.43. The third kappa shape index (κ3) is 8.13. The largest absolute Gasteiger partial charge is 0.459 e. The zero-order valence-corrected chi connectivity index (χ0v) is 23.2. The summed E-state index contributed by atoms with van der Waals surface area (Å²) < 4.78 is 29.2. The summed E-state index contributed by atoms with van der Waals surface area (Å²) in [4.78, 5) is 39.1. The Kier molecular flexibility index (Phi) is 11.0.